The fraction of sp³-hybridized carbons (Fsp3) is 0.412. The van der Waals surface area contributed by atoms with E-state index in [0.29, 0.717) is 13.1 Å². The smallest absolute Gasteiger partial charge is 0.319 e. The fourth-order valence-electron chi connectivity index (χ4n) is 3.16. The van der Waals surface area contributed by atoms with Crippen molar-refractivity contribution in [2.24, 2.45) is 0 Å². The van der Waals surface area contributed by atoms with Gasteiger partial charge in [0.25, 0.3) is 0 Å². The minimum Gasteiger partial charge on any atom is -0.364 e. The molecule has 0 saturated carbocycles. The van der Waals surface area contributed by atoms with Crippen molar-refractivity contribution in [3.05, 3.63) is 35.2 Å². The number of carbonyl (C=O) groups excluding carboxylic acids is 1. The Kier molecular flexibility index (Phi) is 4.46. The number of fused-ring (bicyclic) bond motifs is 2. The standard InChI is InChI=1S/C17H21N7OS/c1-22(2)17(25)23-5-3-6-24-13(10-23)8-12(21-24)9-18-15-14-4-7-26-16(14)20-11-19-15/h4,7-8,11H,3,5-6,9-10H2,1-2H3,(H,18,19,20). The number of urea groups is 1. The molecule has 136 valence electrons. The van der Waals surface area contributed by atoms with E-state index in [-0.39, 0.29) is 6.03 Å². The number of rotatable bonds is 3. The van der Waals surface area contributed by atoms with E-state index in [0.717, 1.165) is 46.9 Å². The van der Waals surface area contributed by atoms with Gasteiger partial charge in [0.2, 0.25) is 0 Å². The number of hydrogen-bond donors (Lipinski definition) is 1. The van der Waals surface area contributed by atoms with Crippen LogP contribution in [0.15, 0.2) is 23.8 Å². The molecule has 1 aliphatic heterocycles. The van der Waals surface area contributed by atoms with E-state index in [1.165, 1.54) is 0 Å². The van der Waals surface area contributed by atoms with Gasteiger partial charge < -0.3 is 15.1 Å². The van der Waals surface area contributed by atoms with Gasteiger partial charge in [-0.15, -0.1) is 11.3 Å². The van der Waals surface area contributed by atoms with Crippen LogP contribution in [0.5, 0.6) is 0 Å². The van der Waals surface area contributed by atoms with Crippen LogP contribution in [0, 0.1) is 0 Å². The minimum absolute atomic E-state index is 0.0418. The zero-order valence-electron chi connectivity index (χ0n) is 14.8. The molecule has 0 unspecified atom stereocenters. The molecule has 0 aromatic carbocycles. The van der Waals surface area contributed by atoms with E-state index in [1.54, 1.807) is 36.7 Å². The molecule has 0 saturated heterocycles. The van der Waals surface area contributed by atoms with Crippen LogP contribution in [0.4, 0.5) is 10.6 Å². The third kappa shape index (κ3) is 3.22. The average molecular weight is 371 g/mol. The second-order valence-electron chi connectivity index (χ2n) is 6.52. The summed E-state index contributed by atoms with van der Waals surface area (Å²) in [6, 6.07) is 4.13. The van der Waals surface area contributed by atoms with Crippen molar-refractivity contribution in [3.63, 3.8) is 0 Å². The van der Waals surface area contributed by atoms with Crippen LogP contribution in [0.1, 0.15) is 17.8 Å². The van der Waals surface area contributed by atoms with Crippen molar-refractivity contribution in [1.82, 2.24) is 29.5 Å². The summed E-state index contributed by atoms with van der Waals surface area (Å²) in [6.07, 6.45) is 2.48. The molecule has 4 heterocycles. The van der Waals surface area contributed by atoms with Crippen molar-refractivity contribution in [3.8, 4) is 0 Å². The van der Waals surface area contributed by atoms with Gasteiger partial charge in [0.1, 0.15) is 17.0 Å². The molecule has 8 nitrogen and oxygen atoms in total. The van der Waals surface area contributed by atoms with Gasteiger partial charge in [0.05, 0.1) is 29.9 Å². The minimum atomic E-state index is 0.0418. The van der Waals surface area contributed by atoms with Crippen LogP contribution < -0.4 is 5.32 Å². The first-order chi connectivity index (χ1) is 12.6. The highest BCUT2D eigenvalue weighted by Crippen LogP contribution is 2.24. The van der Waals surface area contributed by atoms with Gasteiger partial charge in [0, 0.05) is 27.2 Å². The zero-order valence-corrected chi connectivity index (χ0v) is 15.7. The lowest BCUT2D eigenvalue weighted by Crippen LogP contribution is -2.38. The predicted octanol–water partition coefficient (Wildman–Crippen LogP) is 2.39. The zero-order chi connectivity index (χ0) is 18.1. The Bertz CT molecular complexity index is 932. The molecule has 1 aliphatic rings. The molecule has 9 heteroatoms. The molecule has 1 N–H and O–H groups in total. The highest BCUT2D eigenvalue weighted by Gasteiger charge is 2.21. The van der Waals surface area contributed by atoms with Crippen molar-refractivity contribution in [1.29, 1.82) is 0 Å². The van der Waals surface area contributed by atoms with Crippen LogP contribution in [0.2, 0.25) is 0 Å². The van der Waals surface area contributed by atoms with Gasteiger partial charge in [-0.2, -0.15) is 5.10 Å². The number of aromatic nitrogens is 4. The molecule has 26 heavy (non-hydrogen) atoms. The molecule has 3 aromatic heterocycles. The second-order valence-corrected chi connectivity index (χ2v) is 7.41. The first kappa shape index (κ1) is 16.8. The molecule has 0 bridgehead atoms. The van der Waals surface area contributed by atoms with E-state index < -0.39 is 0 Å². The molecular weight excluding hydrogens is 350 g/mol. The lowest BCUT2D eigenvalue weighted by molar-refractivity contribution is 0.169. The highest BCUT2D eigenvalue weighted by molar-refractivity contribution is 7.16. The normalized spacial score (nSPS) is 14.2. The van der Waals surface area contributed by atoms with E-state index in [9.17, 15) is 4.79 Å². The van der Waals surface area contributed by atoms with Crippen molar-refractivity contribution >= 4 is 33.4 Å². The average Bonchev–Trinajstić information content (AvgIpc) is 3.21. The molecule has 0 radical (unpaired) electrons. The van der Waals surface area contributed by atoms with Crippen LogP contribution in [0.3, 0.4) is 0 Å². The van der Waals surface area contributed by atoms with E-state index in [1.807, 2.05) is 21.0 Å². The Morgan fingerprint density at radius 2 is 2.23 bits per heavy atom. The highest BCUT2D eigenvalue weighted by atomic mass is 32.1. The quantitative estimate of drug-likeness (QED) is 0.765. The monoisotopic (exact) mass is 371 g/mol. The molecule has 0 atom stereocenters. The summed E-state index contributed by atoms with van der Waals surface area (Å²) < 4.78 is 2.01. The Morgan fingerprint density at radius 1 is 1.35 bits per heavy atom. The van der Waals surface area contributed by atoms with Crippen LogP contribution in [-0.2, 0) is 19.6 Å². The van der Waals surface area contributed by atoms with Crippen molar-refractivity contribution in [2.45, 2.75) is 26.1 Å². The summed E-state index contributed by atoms with van der Waals surface area (Å²) in [5, 5.41) is 11.1. The Hall–Kier alpha value is -2.68. The number of nitrogens with zero attached hydrogens (tertiary/aromatic N) is 6. The lowest BCUT2D eigenvalue weighted by Gasteiger charge is -2.23. The maximum Gasteiger partial charge on any atom is 0.319 e. The molecular formula is C17H21N7OS. The number of thiophene rings is 1. The van der Waals surface area contributed by atoms with Gasteiger partial charge in [-0.05, 0) is 23.9 Å². The number of hydrogen-bond acceptors (Lipinski definition) is 6. The van der Waals surface area contributed by atoms with Crippen LogP contribution >= 0.6 is 11.3 Å². The van der Waals surface area contributed by atoms with Gasteiger partial charge in [-0.25, -0.2) is 14.8 Å². The largest absolute Gasteiger partial charge is 0.364 e. The third-order valence-electron chi connectivity index (χ3n) is 4.42. The van der Waals surface area contributed by atoms with E-state index >= 15 is 0 Å². The molecule has 4 rings (SSSR count). The molecule has 3 aromatic rings. The SMILES string of the molecule is CN(C)C(=O)N1CCCn2nc(CNc3ncnc4sccc34)cc2C1. The van der Waals surface area contributed by atoms with Gasteiger partial charge in [-0.1, -0.05) is 0 Å². The van der Waals surface area contributed by atoms with Gasteiger partial charge >= 0.3 is 6.03 Å². The number of anilines is 1. The summed E-state index contributed by atoms with van der Waals surface area (Å²) in [5.41, 5.74) is 2.01. The van der Waals surface area contributed by atoms with E-state index in [2.05, 4.69) is 21.4 Å². The van der Waals surface area contributed by atoms with Crippen LogP contribution in [-0.4, -0.2) is 56.2 Å². The first-order valence-corrected chi connectivity index (χ1v) is 9.43. The summed E-state index contributed by atoms with van der Waals surface area (Å²) in [4.78, 5) is 25.3. The molecule has 2 amide bonds. The summed E-state index contributed by atoms with van der Waals surface area (Å²) >= 11 is 1.60. The van der Waals surface area contributed by atoms with E-state index in [4.69, 9.17) is 5.10 Å². The van der Waals surface area contributed by atoms with Crippen LogP contribution in [0.25, 0.3) is 10.2 Å². The number of nitrogens with one attached hydrogen (secondary N) is 1. The number of carbonyl (C=O) groups is 1. The Morgan fingerprint density at radius 3 is 3.08 bits per heavy atom. The number of amides is 2. The van der Waals surface area contributed by atoms with Gasteiger partial charge in [0.15, 0.2) is 0 Å². The summed E-state index contributed by atoms with van der Waals surface area (Å²) in [7, 11) is 3.57. The molecule has 0 spiro atoms. The predicted molar refractivity (Wildman–Crippen MR) is 101 cm³/mol. The lowest BCUT2D eigenvalue weighted by atomic mass is 10.3. The summed E-state index contributed by atoms with van der Waals surface area (Å²) in [5.74, 6) is 0.823. The Balaban J connectivity index is 1.49. The molecule has 0 fully saturated rings. The first-order valence-electron chi connectivity index (χ1n) is 8.56. The summed E-state index contributed by atoms with van der Waals surface area (Å²) in [6.45, 7) is 2.76. The van der Waals surface area contributed by atoms with Crippen molar-refractivity contribution in [2.75, 3.05) is 26.0 Å². The Labute approximate surface area is 155 Å². The van der Waals surface area contributed by atoms with Crippen molar-refractivity contribution < 1.29 is 4.79 Å². The topological polar surface area (TPSA) is 79.2 Å². The number of aryl methyl sites for hydroxylation is 1. The fourth-order valence-corrected chi connectivity index (χ4v) is 3.89. The second kappa shape index (κ2) is 6.91. The maximum atomic E-state index is 12.3. The van der Waals surface area contributed by atoms with Gasteiger partial charge in [-0.3, -0.25) is 4.68 Å². The third-order valence-corrected chi connectivity index (χ3v) is 5.24. The molecule has 0 aliphatic carbocycles. The maximum absolute atomic E-state index is 12.3.